The lowest BCUT2D eigenvalue weighted by atomic mass is 10.0. The molecule has 2 heterocycles. The van der Waals surface area contributed by atoms with Gasteiger partial charge in [-0.2, -0.15) is 4.98 Å². The standard InChI is InChI=1S/C24H26N4O2/c1-4-20(24(30)25-15-16(2)18-10-6-5-7-11-18)28-21-13-9-8-12-19(21)23-26-22(29)14-17(3)27(23)28/h5-14,16,20H,4,15H2,1-3H3,(H,25,30)/t16-,20+/m1/s1. The molecule has 4 rings (SSSR count). The molecular formula is C24H26N4O2. The predicted octanol–water partition coefficient (Wildman–Crippen LogP) is 3.83. The molecule has 2 aromatic carbocycles. The van der Waals surface area contributed by atoms with Gasteiger partial charge in [-0.15, -0.1) is 0 Å². The predicted molar refractivity (Wildman–Crippen MR) is 119 cm³/mol. The van der Waals surface area contributed by atoms with Crippen molar-refractivity contribution in [3.8, 4) is 0 Å². The minimum atomic E-state index is -0.418. The van der Waals surface area contributed by atoms with Crippen molar-refractivity contribution in [2.24, 2.45) is 0 Å². The zero-order valence-corrected chi connectivity index (χ0v) is 17.5. The number of nitrogens with zero attached hydrogens (tertiary/aromatic N) is 3. The summed E-state index contributed by atoms with van der Waals surface area (Å²) in [5.74, 6) is 0.172. The third kappa shape index (κ3) is 3.49. The zero-order chi connectivity index (χ0) is 21.3. The lowest BCUT2D eigenvalue weighted by Gasteiger charge is -2.22. The van der Waals surface area contributed by atoms with Crippen LogP contribution < -0.4 is 10.9 Å². The molecule has 2 aromatic heterocycles. The van der Waals surface area contributed by atoms with Crippen molar-refractivity contribution in [2.75, 3.05) is 6.54 Å². The van der Waals surface area contributed by atoms with E-state index in [4.69, 9.17) is 0 Å². The Balaban J connectivity index is 1.72. The minimum Gasteiger partial charge on any atom is -0.354 e. The highest BCUT2D eigenvalue weighted by Gasteiger charge is 2.25. The van der Waals surface area contributed by atoms with Gasteiger partial charge in [0.2, 0.25) is 5.91 Å². The van der Waals surface area contributed by atoms with Gasteiger partial charge in [0.1, 0.15) is 6.04 Å². The fourth-order valence-corrected chi connectivity index (χ4v) is 4.06. The van der Waals surface area contributed by atoms with E-state index in [-0.39, 0.29) is 17.4 Å². The Kier molecular flexibility index (Phi) is 5.40. The summed E-state index contributed by atoms with van der Waals surface area (Å²) in [5.41, 5.74) is 3.14. The van der Waals surface area contributed by atoms with Crippen LogP contribution >= 0.6 is 0 Å². The number of para-hydroxylation sites is 1. The molecule has 0 saturated heterocycles. The molecule has 0 saturated carbocycles. The fourth-order valence-electron chi connectivity index (χ4n) is 4.06. The van der Waals surface area contributed by atoms with Gasteiger partial charge in [0.05, 0.1) is 5.52 Å². The Labute approximate surface area is 175 Å². The monoisotopic (exact) mass is 402 g/mol. The van der Waals surface area contributed by atoms with Crippen LogP contribution in [0.4, 0.5) is 0 Å². The lowest BCUT2D eigenvalue weighted by molar-refractivity contribution is -0.124. The third-order valence-electron chi connectivity index (χ3n) is 5.63. The summed E-state index contributed by atoms with van der Waals surface area (Å²) >= 11 is 0. The molecule has 4 aromatic rings. The molecule has 30 heavy (non-hydrogen) atoms. The molecule has 1 amide bonds. The van der Waals surface area contributed by atoms with E-state index in [2.05, 4.69) is 29.4 Å². The van der Waals surface area contributed by atoms with Gasteiger partial charge in [-0.25, -0.2) is 4.52 Å². The van der Waals surface area contributed by atoms with Crippen molar-refractivity contribution >= 4 is 22.5 Å². The molecule has 0 fully saturated rings. The first-order chi connectivity index (χ1) is 14.5. The number of fused-ring (bicyclic) bond motifs is 3. The number of benzene rings is 2. The van der Waals surface area contributed by atoms with Gasteiger partial charge in [-0.05, 0) is 37.0 Å². The number of amides is 1. The van der Waals surface area contributed by atoms with E-state index in [1.165, 1.54) is 11.6 Å². The van der Waals surface area contributed by atoms with Crippen LogP contribution in [0, 0.1) is 6.92 Å². The molecule has 6 heteroatoms. The van der Waals surface area contributed by atoms with Gasteiger partial charge in [0.15, 0.2) is 5.65 Å². The number of hydrogen-bond acceptors (Lipinski definition) is 3. The van der Waals surface area contributed by atoms with Crippen molar-refractivity contribution in [1.29, 1.82) is 0 Å². The van der Waals surface area contributed by atoms with Crippen molar-refractivity contribution < 1.29 is 4.79 Å². The van der Waals surface area contributed by atoms with Crippen LogP contribution in [0.3, 0.4) is 0 Å². The van der Waals surface area contributed by atoms with Crippen molar-refractivity contribution in [3.63, 3.8) is 0 Å². The van der Waals surface area contributed by atoms with Gasteiger partial charge in [0, 0.05) is 23.7 Å². The second-order valence-electron chi connectivity index (χ2n) is 7.71. The smallest absolute Gasteiger partial charge is 0.273 e. The maximum Gasteiger partial charge on any atom is 0.273 e. The molecular weight excluding hydrogens is 376 g/mol. The van der Waals surface area contributed by atoms with Gasteiger partial charge < -0.3 is 5.32 Å². The maximum atomic E-state index is 13.2. The Morgan fingerprint density at radius 2 is 1.80 bits per heavy atom. The summed E-state index contributed by atoms with van der Waals surface area (Å²) in [5, 5.41) is 3.99. The fraction of sp³-hybridized carbons (Fsp3) is 0.292. The summed E-state index contributed by atoms with van der Waals surface area (Å²) in [6, 6.07) is 19.0. The van der Waals surface area contributed by atoms with Crippen LogP contribution in [0.5, 0.6) is 0 Å². The van der Waals surface area contributed by atoms with Gasteiger partial charge in [0.25, 0.3) is 5.56 Å². The Bertz CT molecular complexity index is 1260. The number of nitrogens with one attached hydrogen (secondary N) is 1. The first-order valence-corrected chi connectivity index (χ1v) is 10.3. The van der Waals surface area contributed by atoms with Crippen molar-refractivity contribution in [3.05, 3.63) is 82.3 Å². The van der Waals surface area contributed by atoms with E-state index in [1.807, 2.05) is 65.5 Å². The van der Waals surface area contributed by atoms with Gasteiger partial charge in [-0.3, -0.25) is 14.3 Å². The van der Waals surface area contributed by atoms with Gasteiger partial charge in [-0.1, -0.05) is 56.3 Å². The highest BCUT2D eigenvalue weighted by molar-refractivity contribution is 5.94. The molecule has 0 bridgehead atoms. The van der Waals surface area contributed by atoms with E-state index >= 15 is 0 Å². The summed E-state index contributed by atoms with van der Waals surface area (Å²) < 4.78 is 3.86. The molecule has 154 valence electrons. The Hall–Kier alpha value is -3.41. The highest BCUT2D eigenvalue weighted by atomic mass is 16.2. The van der Waals surface area contributed by atoms with Crippen molar-refractivity contribution in [1.82, 2.24) is 19.5 Å². The molecule has 2 atom stereocenters. The maximum absolute atomic E-state index is 13.2. The van der Waals surface area contributed by atoms with Gasteiger partial charge >= 0.3 is 0 Å². The van der Waals surface area contributed by atoms with Crippen molar-refractivity contribution in [2.45, 2.75) is 39.2 Å². The molecule has 6 nitrogen and oxygen atoms in total. The molecule has 1 N–H and O–H groups in total. The Morgan fingerprint density at radius 1 is 1.10 bits per heavy atom. The largest absolute Gasteiger partial charge is 0.354 e. The van der Waals surface area contributed by atoms with Crippen LogP contribution in [0.2, 0.25) is 0 Å². The average molecular weight is 402 g/mol. The number of rotatable bonds is 6. The number of carbonyl (C=O) groups excluding carboxylic acids is 1. The van der Waals surface area contributed by atoms with E-state index in [1.54, 1.807) is 0 Å². The average Bonchev–Trinajstić information content (AvgIpc) is 3.08. The first kappa shape index (κ1) is 19.9. The molecule has 0 spiro atoms. The molecule has 0 aliphatic heterocycles. The third-order valence-corrected chi connectivity index (χ3v) is 5.63. The van der Waals surface area contributed by atoms with Crippen LogP contribution in [0.25, 0.3) is 16.6 Å². The zero-order valence-electron chi connectivity index (χ0n) is 17.5. The van der Waals surface area contributed by atoms with E-state index in [0.717, 1.165) is 16.6 Å². The normalized spacial score (nSPS) is 13.4. The summed E-state index contributed by atoms with van der Waals surface area (Å²) in [6.07, 6.45) is 0.616. The second-order valence-corrected chi connectivity index (χ2v) is 7.71. The number of aryl methyl sites for hydroxylation is 1. The Morgan fingerprint density at radius 3 is 2.53 bits per heavy atom. The molecule has 0 radical (unpaired) electrons. The molecule has 0 aliphatic rings. The van der Waals surface area contributed by atoms with E-state index in [9.17, 15) is 9.59 Å². The van der Waals surface area contributed by atoms with Crippen LogP contribution in [-0.2, 0) is 4.79 Å². The first-order valence-electron chi connectivity index (χ1n) is 10.3. The number of aromatic nitrogens is 3. The van der Waals surface area contributed by atoms with Crippen LogP contribution in [0.15, 0.2) is 65.5 Å². The SMILES string of the molecule is CC[C@@H](C(=O)NC[C@@H](C)c1ccccc1)n1c2ccccc2c2nc(=O)cc(C)n21. The summed E-state index contributed by atoms with van der Waals surface area (Å²) in [7, 11) is 0. The van der Waals surface area contributed by atoms with E-state index in [0.29, 0.717) is 18.6 Å². The highest BCUT2D eigenvalue weighted by Crippen LogP contribution is 2.26. The molecule has 0 unspecified atom stereocenters. The topological polar surface area (TPSA) is 68.4 Å². The summed E-state index contributed by atoms with van der Waals surface area (Å²) in [6.45, 7) is 6.53. The van der Waals surface area contributed by atoms with Crippen LogP contribution in [-0.4, -0.2) is 26.6 Å². The quantitative estimate of drug-likeness (QED) is 0.533. The molecule has 0 aliphatic carbocycles. The minimum absolute atomic E-state index is 0.0407. The van der Waals surface area contributed by atoms with Crippen LogP contribution in [0.1, 0.15) is 43.5 Å². The van der Waals surface area contributed by atoms with E-state index < -0.39 is 6.04 Å². The number of carbonyl (C=O) groups is 1. The number of hydrogen-bond donors (Lipinski definition) is 1. The summed E-state index contributed by atoms with van der Waals surface area (Å²) in [4.78, 5) is 29.5. The lowest BCUT2D eigenvalue weighted by Crippen LogP contribution is -2.36. The second kappa shape index (κ2) is 8.14.